The average Bonchev–Trinajstić information content (AvgIpc) is 2.83. The molecule has 1 aromatic carbocycles. The quantitative estimate of drug-likeness (QED) is 0.457. The van der Waals surface area contributed by atoms with E-state index in [1.54, 1.807) is 19.2 Å². The number of nitro benzene ring substituents is 1. The molecule has 0 radical (unpaired) electrons. The molecule has 0 atom stereocenters. The van der Waals surface area contributed by atoms with Crippen LogP contribution < -0.4 is 5.32 Å². The molecule has 0 saturated heterocycles. The Bertz CT molecular complexity index is 654. The van der Waals surface area contributed by atoms with E-state index >= 15 is 0 Å². The van der Waals surface area contributed by atoms with E-state index in [9.17, 15) is 10.1 Å². The molecule has 1 aliphatic rings. The molecule has 1 aromatic rings. The highest BCUT2D eigenvalue weighted by Gasteiger charge is 2.13. The molecular formula is C17H22BrN3O3. The fourth-order valence-corrected chi connectivity index (χ4v) is 2.34. The van der Waals surface area contributed by atoms with Crippen LogP contribution >= 0.6 is 15.9 Å². The van der Waals surface area contributed by atoms with Gasteiger partial charge >= 0.3 is 0 Å². The minimum Gasteiger partial charge on any atom is -0.485 e. The van der Waals surface area contributed by atoms with Crippen molar-refractivity contribution in [3.05, 3.63) is 63.6 Å². The van der Waals surface area contributed by atoms with Crippen LogP contribution in [0.3, 0.4) is 0 Å². The van der Waals surface area contributed by atoms with Crippen molar-refractivity contribution < 1.29 is 9.66 Å². The predicted octanol–water partition coefficient (Wildman–Crippen LogP) is 4.32. The monoisotopic (exact) mass is 395 g/mol. The Morgan fingerprint density at radius 3 is 2.75 bits per heavy atom. The summed E-state index contributed by atoms with van der Waals surface area (Å²) in [5.74, 6) is 1.29. The van der Waals surface area contributed by atoms with Crippen molar-refractivity contribution in [2.24, 2.45) is 4.99 Å². The summed E-state index contributed by atoms with van der Waals surface area (Å²) in [5, 5.41) is 14.7. The average molecular weight is 396 g/mol. The van der Waals surface area contributed by atoms with Gasteiger partial charge in [0.25, 0.3) is 5.69 Å². The molecule has 24 heavy (non-hydrogen) atoms. The first-order chi connectivity index (χ1) is 11.6. The molecule has 0 spiro atoms. The Hall–Kier alpha value is -2.15. The Kier molecular flexibility index (Phi) is 8.78. The van der Waals surface area contributed by atoms with Crippen LogP contribution in [0.25, 0.3) is 0 Å². The zero-order valence-corrected chi connectivity index (χ0v) is 15.7. The Labute approximate surface area is 150 Å². The number of hydrogen-bond donors (Lipinski definition) is 1. The van der Waals surface area contributed by atoms with Crippen molar-refractivity contribution in [2.75, 3.05) is 12.4 Å². The molecule has 1 N–H and O–H groups in total. The van der Waals surface area contributed by atoms with Gasteiger partial charge in [-0.25, -0.2) is 0 Å². The number of non-ortho nitro benzene ring substituents is 1. The highest BCUT2D eigenvalue weighted by molar-refractivity contribution is 9.09. The first-order valence-electron chi connectivity index (χ1n) is 7.69. The Morgan fingerprint density at radius 1 is 1.38 bits per heavy atom. The second kappa shape index (κ2) is 10.6. The maximum Gasteiger partial charge on any atom is 0.269 e. The lowest BCUT2D eigenvalue weighted by Crippen LogP contribution is -2.25. The van der Waals surface area contributed by atoms with Gasteiger partial charge in [-0.2, -0.15) is 0 Å². The molecule has 0 bridgehead atoms. The molecule has 0 aliphatic carbocycles. The number of rotatable bonds is 5. The van der Waals surface area contributed by atoms with Crippen LogP contribution in [-0.4, -0.2) is 23.1 Å². The lowest BCUT2D eigenvalue weighted by molar-refractivity contribution is -0.384. The largest absolute Gasteiger partial charge is 0.485 e. The topological polar surface area (TPSA) is 76.8 Å². The summed E-state index contributed by atoms with van der Waals surface area (Å²) in [6.45, 7) is 4.25. The number of amidine groups is 1. The number of nitrogens with one attached hydrogen (secondary N) is 1. The zero-order chi connectivity index (χ0) is 17.9. The second-order valence-electron chi connectivity index (χ2n) is 4.58. The maximum atomic E-state index is 10.8. The molecule has 1 aliphatic heterocycles. The summed E-state index contributed by atoms with van der Waals surface area (Å²) < 4.78 is 5.78. The highest BCUT2D eigenvalue weighted by Crippen LogP contribution is 2.17. The molecule has 0 fully saturated rings. The normalized spacial score (nSPS) is 15.2. The molecule has 1 heterocycles. The van der Waals surface area contributed by atoms with Gasteiger partial charge in [0.15, 0.2) is 11.6 Å². The zero-order valence-electron chi connectivity index (χ0n) is 14.1. The van der Waals surface area contributed by atoms with Crippen LogP contribution in [0.5, 0.6) is 0 Å². The summed E-state index contributed by atoms with van der Waals surface area (Å²) in [6.07, 6.45) is 4.71. The number of benzene rings is 1. The summed E-state index contributed by atoms with van der Waals surface area (Å²) >= 11 is 3.41. The Balaban J connectivity index is 0.00000139. The van der Waals surface area contributed by atoms with E-state index in [-0.39, 0.29) is 12.3 Å². The van der Waals surface area contributed by atoms with Gasteiger partial charge in [-0.1, -0.05) is 48.0 Å². The summed E-state index contributed by atoms with van der Waals surface area (Å²) in [5.41, 5.74) is 1.82. The van der Waals surface area contributed by atoms with Crippen LogP contribution in [0.15, 0.2) is 52.9 Å². The number of aliphatic imine (C=N–C) groups is 1. The number of nitro groups is 1. The third-order valence-corrected chi connectivity index (χ3v) is 3.67. The first-order valence-corrected chi connectivity index (χ1v) is 8.81. The number of nitrogens with zero attached hydrogens (tertiary/aromatic N) is 2. The number of allylic oxidation sites excluding steroid dienone is 3. The minimum atomic E-state index is -0.416. The highest BCUT2D eigenvalue weighted by atomic mass is 79.9. The minimum absolute atomic E-state index is 0.0571. The van der Waals surface area contributed by atoms with Crippen LogP contribution in [0.1, 0.15) is 25.8 Å². The van der Waals surface area contributed by atoms with Gasteiger partial charge in [-0.05, 0) is 18.1 Å². The molecule has 2 rings (SSSR count). The van der Waals surface area contributed by atoms with Crippen LogP contribution in [-0.2, 0) is 11.3 Å². The van der Waals surface area contributed by atoms with Crippen molar-refractivity contribution >= 4 is 27.5 Å². The van der Waals surface area contributed by atoms with Crippen molar-refractivity contribution in [1.29, 1.82) is 0 Å². The lowest BCUT2D eigenvalue weighted by atomic mass is 10.2. The molecule has 6 nitrogen and oxygen atoms in total. The number of alkyl halides is 1. The summed E-state index contributed by atoms with van der Waals surface area (Å²) in [6, 6.07) is 6.41. The van der Waals surface area contributed by atoms with E-state index in [2.05, 4.69) is 26.2 Å². The van der Waals surface area contributed by atoms with Crippen molar-refractivity contribution in [1.82, 2.24) is 5.32 Å². The van der Waals surface area contributed by atoms with Gasteiger partial charge in [-0.15, -0.1) is 0 Å². The van der Waals surface area contributed by atoms with E-state index in [1.807, 2.05) is 26.0 Å². The van der Waals surface area contributed by atoms with Gasteiger partial charge in [-0.3, -0.25) is 15.1 Å². The van der Waals surface area contributed by atoms with E-state index < -0.39 is 4.92 Å². The van der Waals surface area contributed by atoms with Gasteiger partial charge in [0.05, 0.1) is 4.92 Å². The van der Waals surface area contributed by atoms with E-state index in [0.717, 1.165) is 17.7 Å². The summed E-state index contributed by atoms with van der Waals surface area (Å²) in [4.78, 5) is 14.6. The molecule has 0 unspecified atom stereocenters. The lowest BCUT2D eigenvalue weighted by Gasteiger charge is -2.13. The van der Waals surface area contributed by atoms with Crippen molar-refractivity contribution in [2.45, 2.75) is 26.9 Å². The summed E-state index contributed by atoms with van der Waals surface area (Å²) in [7, 11) is 1.68. The van der Waals surface area contributed by atoms with Gasteiger partial charge in [0.2, 0.25) is 0 Å². The maximum absolute atomic E-state index is 10.8. The standard InChI is InChI=1S/C15H16BrN3O3.C2H6/c1-17-15-14(7-3-5-12(9-16)18-15)22-10-11-4-2-6-13(8-11)19(20)21;1-2/h2,4-8H,3,9-10H2,1H3,(H,17,18);1-2H3. The van der Waals surface area contributed by atoms with Crippen LogP contribution in [0.2, 0.25) is 0 Å². The molecule has 130 valence electrons. The Morgan fingerprint density at radius 2 is 2.12 bits per heavy atom. The molecule has 0 amide bonds. The molecular weight excluding hydrogens is 374 g/mol. The van der Waals surface area contributed by atoms with E-state index in [0.29, 0.717) is 16.9 Å². The number of hydrogen-bond acceptors (Lipinski definition) is 4. The fraction of sp³-hybridized carbons (Fsp3) is 0.353. The smallest absolute Gasteiger partial charge is 0.269 e. The van der Waals surface area contributed by atoms with E-state index in [1.165, 1.54) is 12.1 Å². The molecule has 7 heteroatoms. The van der Waals surface area contributed by atoms with E-state index in [4.69, 9.17) is 4.74 Å². The number of ether oxygens (including phenoxy) is 1. The predicted molar refractivity (Wildman–Crippen MR) is 100 cm³/mol. The molecule has 0 saturated carbocycles. The first kappa shape index (κ1) is 19.9. The van der Waals surface area contributed by atoms with Crippen molar-refractivity contribution in [3.63, 3.8) is 0 Å². The van der Waals surface area contributed by atoms with Crippen LogP contribution in [0.4, 0.5) is 5.69 Å². The third kappa shape index (κ3) is 5.81. The van der Waals surface area contributed by atoms with Gasteiger partial charge in [0, 0.05) is 30.2 Å². The number of halogens is 1. The van der Waals surface area contributed by atoms with Crippen molar-refractivity contribution in [3.8, 4) is 0 Å². The third-order valence-electron chi connectivity index (χ3n) is 3.06. The SMILES string of the molecule is CC.CN=C1NC(CBr)=CCC=C1OCc1cccc([N+](=O)[O-])c1. The molecule has 0 aromatic heterocycles. The fourth-order valence-electron chi connectivity index (χ4n) is 1.97. The van der Waals surface area contributed by atoms with Crippen LogP contribution in [0, 0.1) is 10.1 Å². The van der Waals surface area contributed by atoms with Gasteiger partial charge in [0.1, 0.15) is 6.61 Å². The second-order valence-corrected chi connectivity index (χ2v) is 5.14. The van der Waals surface area contributed by atoms with Gasteiger partial charge < -0.3 is 10.1 Å².